The van der Waals surface area contributed by atoms with Gasteiger partial charge in [-0.25, -0.2) is 9.97 Å². The number of anilines is 2. The fraction of sp³-hybridized carbons (Fsp3) is 0.294. The van der Waals surface area contributed by atoms with E-state index in [4.69, 9.17) is 9.72 Å². The second-order valence-electron chi connectivity index (χ2n) is 6.18. The van der Waals surface area contributed by atoms with Crippen LogP contribution in [0.2, 0.25) is 0 Å². The second kappa shape index (κ2) is 6.50. The molecule has 1 saturated heterocycles. The fourth-order valence-corrected chi connectivity index (χ4v) is 3.79. The smallest absolute Gasteiger partial charge is 0.172 e. The molecule has 4 aromatic rings. The Balaban J connectivity index is 1.47. The van der Waals surface area contributed by atoms with Crippen LogP contribution in [0.5, 0.6) is 0 Å². The number of nitrogens with zero attached hydrogens (tertiary/aromatic N) is 5. The first kappa shape index (κ1) is 15.5. The molecule has 1 aliphatic rings. The third kappa shape index (κ3) is 2.85. The quantitative estimate of drug-likeness (QED) is 0.574. The van der Waals surface area contributed by atoms with Crippen molar-refractivity contribution in [2.75, 3.05) is 18.5 Å². The van der Waals surface area contributed by atoms with Crippen molar-refractivity contribution in [3.63, 3.8) is 0 Å². The highest BCUT2D eigenvalue weighted by molar-refractivity contribution is 7.13. The molecule has 1 aliphatic heterocycles. The van der Waals surface area contributed by atoms with Crippen molar-refractivity contribution in [2.45, 2.75) is 18.9 Å². The van der Waals surface area contributed by atoms with Crippen LogP contribution >= 0.6 is 11.3 Å². The van der Waals surface area contributed by atoms with Crippen LogP contribution in [0, 0.1) is 0 Å². The third-order valence-electron chi connectivity index (χ3n) is 4.47. The van der Waals surface area contributed by atoms with Crippen molar-refractivity contribution in [3.05, 3.63) is 36.1 Å². The van der Waals surface area contributed by atoms with Crippen molar-refractivity contribution in [1.29, 1.82) is 0 Å². The number of thiophene rings is 1. The Morgan fingerprint density at radius 2 is 2.15 bits per heavy atom. The van der Waals surface area contributed by atoms with E-state index in [0.717, 1.165) is 47.7 Å². The van der Waals surface area contributed by atoms with Gasteiger partial charge in [-0.15, -0.1) is 11.3 Å². The van der Waals surface area contributed by atoms with E-state index in [1.807, 2.05) is 34.6 Å². The van der Waals surface area contributed by atoms with Crippen LogP contribution in [-0.2, 0) is 4.74 Å². The molecule has 26 heavy (non-hydrogen) atoms. The normalized spacial score (nSPS) is 15.5. The Kier molecular flexibility index (Phi) is 3.87. The summed E-state index contributed by atoms with van der Waals surface area (Å²) < 4.78 is 7.44. The van der Waals surface area contributed by atoms with Gasteiger partial charge in [0.2, 0.25) is 0 Å². The molecule has 9 heteroatoms. The van der Waals surface area contributed by atoms with Crippen molar-refractivity contribution in [1.82, 2.24) is 29.9 Å². The number of aromatic nitrogens is 6. The minimum atomic E-state index is 0.388. The molecule has 2 N–H and O–H groups in total. The Morgan fingerprint density at radius 1 is 1.23 bits per heavy atom. The van der Waals surface area contributed by atoms with Gasteiger partial charge in [0.25, 0.3) is 0 Å². The van der Waals surface area contributed by atoms with Crippen molar-refractivity contribution in [2.24, 2.45) is 0 Å². The predicted octanol–water partition coefficient (Wildman–Crippen LogP) is 3.37. The van der Waals surface area contributed by atoms with E-state index in [1.165, 1.54) is 0 Å². The Bertz CT molecular complexity index is 1020. The average molecular weight is 367 g/mol. The molecule has 5 heterocycles. The number of aromatic amines is 1. The van der Waals surface area contributed by atoms with Crippen LogP contribution in [0.1, 0.15) is 18.9 Å². The Morgan fingerprint density at radius 3 is 3.00 bits per heavy atom. The van der Waals surface area contributed by atoms with E-state index in [-0.39, 0.29) is 0 Å². The summed E-state index contributed by atoms with van der Waals surface area (Å²) in [5.74, 6) is 1.38. The van der Waals surface area contributed by atoms with Crippen LogP contribution in [0.3, 0.4) is 0 Å². The molecule has 0 saturated carbocycles. The summed E-state index contributed by atoms with van der Waals surface area (Å²) in [6, 6.07) is 4.39. The molecule has 0 bridgehead atoms. The minimum absolute atomic E-state index is 0.388. The minimum Gasteiger partial charge on any atom is -0.381 e. The molecule has 0 spiro atoms. The van der Waals surface area contributed by atoms with Gasteiger partial charge in [-0.1, -0.05) is 6.07 Å². The summed E-state index contributed by atoms with van der Waals surface area (Å²) in [6.07, 6.45) is 7.53. The Hall–Kier alpha value is -2.78. The van der Waals surface area contributed by atoms with E-state index in [0.29, 0.717) is 17.7 Å². The van der Waals surface area contributed by atoms with E-state index < -0.39 is 0 Å². The molecule has 0 amide bonds. The van der Waals surface area contributed by atoms with Crippen molar-refractivity contribution >= 4 is 33.9 Å². The lowest BCUT2D eigenvalue weighted by Crippen LogP contribution is -2.19. The topological polar surface area (TPSA) is 93.5 Å². The molecule has 0 unspecified atom stereocenters. The SMILES string of the molecule is c1csc(-c2nc(Nc3cnn(C4CCOCC4)c3)c3[nH]ncc3n2)c1. The summed E-state index contributed by atoms with van der Waals surface area (Å²) in [4.78, 5) is 10.3. The number of hydrogen-bond acceptors (Lipinski definition) is 7. The number of rotatable bonds is 4. The molecular weight excluding hydrogens is 350 g/mol. The molecule has 5 rings (SSSR count). The molecule has 8 nitrogen and oxygen atoms in total. The zero-order valence-electron chi connectivity index (χ0n) is 13.9. The van der Waals surface area contributed by atoms with E-state index in [9.17, 15) is 0 Å². The van der Waals surface area contributed by atoms with Gasteiger partial charge in [-0.3, -0.25) is 9.78 Å². The maximum Gasteiger partial charge on any atom is 0.172 e. The lowest BCUT2D eigenvalue weighted by atomic mass is 10.1. The monoisotopic (exact) mass is 367 g/mol. The van der Waals surface area contributed by atoms with Crippen LogP contribution in [0.4, 0.5) is 11.5 Å². The lowest BCUT2D eigenvalue weighted by Gasteiger charge is -2.22. The summed E-state index contributed by atoms with van der Waals surface area (Å²) in [5.41, 5.74) is 2.45. The maximum atomic E-state index is 5.43. The number of fused-ring (bicyclic) bond motifs is 1. The van der Waals surface area contributed by atoms with Crippen LogP contribution in [0.15, 0.2) is 36.1 Å². The summed E-state index contributed by atoms with van der Waals surface area (Å²) in [6.45, 7) is 1.58. The van der Waals surface area contributed by atoms with Gasteiger partial charge in [-0.05, 0) is 24.3 Å². The second-order valence-corrected chi connectivity index (χ2v) is 7.13. The van der Waals surface area contributed by atoms with Gasteiger partial charge in [0.1, 0.15) is 11.0 Å². The highest BCUT2D eigenvalue weighted by Crippen LogP contribution is 2.28. The standard InChI is InChI=1S/C17H17N7OS/c1-2-14(26-7-1)16-21-13-9-18-23-15(13)17(22-16)20-11-8-19-24(10-11)12-3-5-25-6-4-12/h1-2,7-10,12H,3-6H2,(H,18,23)(H,20,21,22). The molecular formula is C17H17N7OS. The first-order valence-electron chi connectivity index (χ1n) is 8.51. The third-order valence-corrected chi connectivity index (χ3v) is 5.34. The number of H-pyrrole nitrogens is 1. The average Bonchev–Trinajstić information content (AvgIpc) is 3.43. The summed E-state index contributed by atoms with van der Waals surface area (Å²) in [5, 5.41) is 17.0. The highest BCUT2D eigenvalue weighted by atomic mass is 32.1. The number of hydrogen-bond donors (Lipinski definition) is 2. The zero-order chi connectivity index (χ0) is 17.3. The fourth-order valence-electron chi connectivity index (χ4n) is 3.13. The molecule has 4 aromatic heterocycles. The molecule has 0 radical (unpaired) electrons. The van der Waals surface area contributed by atoms with Crippen LogP contribution in [-0.4, -0.2) is 43.2 Å². The van der Waals surface area contributed by atoms with Gasteiger partial charge in [0.05, 0.1) is 29.0 Å². The molecule has 132 valence electrons. The van der Waals surface area contributed by atoms with Crippen molar-refractivity contribution in [3.8, 4) is 10.7 Å². The summed E-state index contributed by atoms with van der Waals surface area (Å²) >= 11 is 1.61. The van der Waals surface area contributed by atoms with Gasteiger partial charge in [-0.2, -0.15) is 10.2 Å². The molecule has 0 atom stereocenters. The van der Waals surface area contributed by atoms with Crippen molar-refractivity contribution < 1.29 is 4.74 Å². The van der Waals surface area contributed by atoms with E-state index in [1.54, 1.807) is 17.5 Å². The van der Waals surface area contributed by atoms with Gasteiger partial charge >= 0.3 is 0 Å². The van der Waals surface area contributed by atoms with E-state index >= 15 is 0 Å². The predicted molar refractivity (Wildman–Crippen MR) is 99.6 cm³/mol. The first-order chi connectivity index (χ1) is 12.9. The maximum absolute atomic E-state index is 5.43. The first-order valence-corrected chi connectivity index (χ1v) is 9.39. The largest absolute Gasteiger partial charge is 0.381 e. The van der Waals surface area contributed by atoms with Gasteiger partial charge < -0.3 is 10.1 Å². The number of nitrogens with one attached hydrogen (secondary N) is 2. The van der Waals surface area contributed by atoms with Crippen LogP contribution < -0.4 is 5.32 Å². The number of ether oxygens (including phenoxy) is 1. The zero-order valence-corrected chi connectivity index (χ0v) is 14.7. The molecule has 0 aromatic carbocycles. The van der Waals surface area contributed by atoms with Crippen LogP contribution in [0.25, 0.3) is 21.7 Å². The van der Waals surface area contributed by atoms with Gasteiger partial charge in [0, 0.05) is 19.4 Å². The molecule has 0 aliphatic carbocycles. The Labute approximate surface area is 153 Å². The highest BCUT2D eigenvalue weighted by Gasteiger charge is 2.17. The van der Waals surface area contributed by atoms with Gasteiger partial charge in [0.15, 0.2) is 11.6 Å². The molecule has 1 fully saturated rings. The van der Waals surface area contributed by atoms with E-state index in [2.05, 4.69) is 25.6 Å². The lowest BCUT2D eigenvalue weighted by molar-refractivity contribution is 0.0662. The summed E-state index contributed by atoms with van der Waals surface area (Å²) in [7, 11) is 0.